The van der Waals surface area contributed by atoms with E-state index in [1.807, 2.05) is 18.2 Å². The number of carbonyl (C=O) groups is 1. The second-order valence-corrected chi connectivity index (χ2v) is 5.84. The van der Waals surface area contributed by atoms with Crippen molar-refractivity contribution in [3.8, 4) is 0 Å². The zero-order valence-corrected chi connectivity index (χ0v) is 12.7. The highest BCUT2D eigenvalue weighted by Gasteiger charge is 2.31. The van der Waals surface area contributed by atoms with Gasteiger partial charge >= 0.3 is 5.97 Å². The first kappa shape index (κ1) is 15.8. The number of rotatable bonds is 6. The number of esters is 1. The smallest absolute Gasteiger partial charge is 0.340 e. The Balaban J connectivity index is 2.07. The minimum Gasteiger partial charge on any atom is -0.462 e. The van der Waals surface area contributed by atoms with Crippen LogP contribution in [0.1, 0.15) is 49.4 Å². The van der Waals surface area contributed by atoms with Crippen LogP contribution in [0.5, 0.6) is 0 Å². The van der Waals surface area contributed by atoms with E-state index >= 15 is 0 Å². The monoisotopic (exact) mass is 291 g/mol. The number of ether oxygens (including phenoxy) is 1. The average molecular weight is 291 g/mol. The van der Waals surface area contributed by atoms with Crippen molar-refractivity contribution in [2.75, 3.05) is 25.1 Å². The van der Waals surface area contributed by atoms with Crippen LogP contribution in [-0.2, 0) is 4.74 Å². The fourth-order valence-electron chi connectivity index (χ4n) is 3.00. The highest BCUT2D eigenvalue weighted by molar-refractivity contribution is 5.95. The summed E-state index contributed by atoms with van der Waals surface area (Å²) in [6, 6.07) is 7.39. The predicted octanol–water partition coefficient (Wildman–Crippen LogP) is 3.22. The van der Waals surface area contributed by atoms with E-state index in [-0.39, 0.29) is 18.0 Å². The van der Waals surface area contributed by atoms with Crippen LogP contribution in [0.25, 0.3) is 0 Å². The van der Waals surface area contributed by atoms with Gasteiger partial charge in [-0.1, -0.05) is 31.4 Å². The third-order valence-corrected chi connectivity index (χ3v) is 4.33. The van der Waals surface area contributed by atoms with Gasteiger partial charge in [0, 0.05) is 17.6 Å². The Morgan fingerprint density at radius 2 is 2.00 bits per heavy atom. The molecule has 0 bridgehead atoms. The molecule has 0 aliphatic heterocycles. The number of aliphatic hydroxyl groups excluding tert-OH is 1. The van der Waals surface area contributed by atoms with Gasteiger partial charge in [-0.05, 0) is 31.9 Å². The van der Waals surface area contributed by atoms with Gasteiger partial charge < -0.3 is 15.2 Å². The maximum atomic E-state index is 12.0. The predicted molar refractivity (Wildman–Crippen MR) is 83.5 cm³/mol. The number of benzene rings is 1. The van der Waals surface area contributed by atoms with Gasteiger partial charge in [-0.25, -0.2) is 4.79 Å². The van der Waals surface area contributed by atoms with Gasteiger partial charge in [-0.2, -0.15) is 0 Å². The van der Waals surface area contributed by atoms with Crippen LogP contribution in [0, 0.1) is 5.41 Å². The molecule has 0 amide bonds. The minimum absolute atomic E-state index is 0.0555. The van der Waals surface area contributed by atoms with Crippen LogP contribution >= 0.6 is 0 Å². The van der Waals surface area contributed by atoms with E-state index in [4.69, 9.17) is 4.74 Å². The Morgan fingerprint density at radius 3 is 2.67 bits per heavy atom. The molecule has 0 unspecified atom stereocenters. The van der Waals surface area contributed by atoms with Gasteiger partial charge in [-0.15, -0.1) is 0 Å². The van der Waals surface area contributed by atoms with Crippen molar-refractivity contribution in [3.63, 3.8) is 0 Å². The minimum atomic E-state index is -0.303. The number of hydrogen-bond acceptors (Lipinski definition) is 4. The number of hydrogen-bond donors (Lipinski definition) is 2. The molecule has 1 saturated carbocycles. The van der Waals surface area contributed by atoms with E-state index in [2.05, 4.69) is 5.32 Å². The average Bonchev–Trinajstić information content (AvgIpc) is 2.54. The summed E-state index contributed by atoms with van der Waals surface area (Å²) in [4.78, 5) is 12.0. The van der Waals surface area contributed by atoms with Crippen molar-refractivity contribution in [1.29, 1.82) is 0 Å². The van der Waals surface area contributed by atoms with Crippen LogP contribution in [0.2, 0.25) is 0 Å². The lowest BCUT2D eigenvalue weighted by Gasteiger charge is -2.36. The lowest BCUT2D eigenvalue weighted by Crippen LogP contribution is -2.35. The summed E-state index contributed by atoms with van der Waals surface area (Å²) < 4.78 is 5.08. The Kier molecular flexibility index (Phi) is 5.62. The molecule has 116 valence electrons. The SMILES string of the molecule is CCOC(=O)c1ccccc1NCC1(CO)CCCCC1. The zero-order valence-electron chi connectivity index (χ0n) is 12.7. The maximum absolute atomic E-state index is 12.0. The van der Waals surface area contributed by atoms with Gasteiger partial charge in [-0.3, -0.25) is 0 Å². The van der Waals surface area contributed by atoms with Crippen LogP contribution in [-0.4, -0.2) is 30.8 Å². The van der Waals surface area contributed by atoms with E-state index in [1.54, 1.807) is 13.0 Å². The standard InChI is InChI=1S/C17H25NO3/c1-2-21-16(20)14-8-4-5-9-15(14)18-12-17(13-19)10-6-3-7-11-17/h4-5,8-9,18-19H,2-3,6-7,10-13H2,1H3. The highest BCUT2D eigenvalue weighted by atomic mass is 16.5. The topological polar surface area (TPSA) is 58.6 Å². The molecule has 0 aromatic heterocycles. The van der Waals surface area contributed by atoms with Crippen LogP contribution in [0.4, 0.5) is 5.69 Å². The van der Waals surface area contributed by atoms with E-state index in [0.29, 0.717) is 18.7 Å². The fraction of sp³-hybridized carbons (Fsp3) is 0.588. The second-order valence-electron chi connectivity index (χ2n) is 5.84. The fourth-order valence-corrected chi connectivity index (χ4v) is 3.00. The first-order valence-corrected chi connectivity index (χ1v) is 7.82. The van der Waals surface area contributed by atoms with Crippen molar-refractivity contribution in [3.05, 3.63) is 29.8 Å². The van der Waals surface area contributed by atoms with Crippen molar-refractivity contribution in [1.82, 2.24) is 0 Å². The first-order valence-electron chi connectivity index (χ1n) is 7.82. The summed E-state index contributed by atoms with van der Waals surface area (Å²) in [7, 11) is 0. The van der Waals surface area contributed by atoms with Gasteiger partial charge in [0.1, 0.15) is 0 Å². The summed E-state index contributed by atoms with van der Waals surface area (Å²) in [6.45, 7) is 3.06. The number of anilines is 1. The quantitative estimate of drug-likeness (QED) is 0.790. The number of nitrogens with one attached hydrogen (secondary N) is 1. The largest absolute Gasteiger partial charge is 0.462 e. The zero-order chi connectivity index (χ0) is 15.1. The molecule has 2 rings (SSSR count). The number of carbonyl (C=O) groups excluding carboxylic acids is 1. The van der Waals surface area contributed by atoms with Gasteiger partial charge in [0.2, 0.25) is 0 Å². The molecule has 0 radical (unpaired) electrons. The molecule has 1 fully saturated rings. The van der Waals surface area contributed by atoms with E-state index in [0.717, 1.165) is 18.5 Å². The Bertz CT molecular complexity index is 467. The van der Waals surface area contributed by atoms with Crippen molar-refractivity contribution < 1.29 is 14.6 Å². The van der Waals surface area contributed by atoms with Crippen molar-refractivity contribution in [2.45, 2.75) is 39.0 Å². The lowest BCUT2D eigenvalue weighted by atomic mass is 9.74. The van der Waals surface area contributed by atoms with Crippen molar-refractivity contribution >= 4 is 11.7 Å². The summed E-state index contributed by atoms with van der Waals surface area (Å²) in [5.41, 5.74) is 1.29. The van der Waals surface area contributed by atoms with Gasteiger partial charge in [0.25, 0.3) is 0 Å². The van der Waals surface area contributed by atoms with E-state index in [1.165, 1.54) is 19.3 Å². The molecule has 0 saturated heterocycles. The molecule has 1 aromatic rings. The Hall–Kier alpha value is -1.55. The van der Waals surface area contributed by atoms with Crippen LogP contribution < -0.4 is 5.32 Å². The first-order chi connectivity index (χ1) is 10.2. The number of para-hydroxylation sites is 1. The molecule has 0 heterocycles. The molecule has 2 N–H and O–H groups in total. The molecular weight excluding hydrogens is 266 g/mol. The van der Waals surface area contributed by atoms with Gasteiger partial charge in [0.15, 0.2) is 0 Å². The molecule has 4 heteroatoms. The van der Waals surface area contributed by atoms with Gasteiger partial charge in [0.05, 0.1) is 18.8 Å². The molecule has 1 aliphatic rings. The summed E-state index contributed by atoms with van der Waals surface area (Å²) in [5, 5.41) is 13.1. The van der Waals surface area contributed by atoms with Crippen LogP contribution in [0.15, 0.2) is 24.3 Å². The van der Waals surface area contributed by atoms with E-state index < -0.39 is 0 Å². The highest BCUT2D eigenvalue weighted by Crippen LogP contribution is 2.36. The summed E-state index contributed by atoms with van der Waals surface area (Å²) in [5.74, 6) is -0.303. The molecule has 21 heavy (non-hydrogen) atoms. The molecule has 0 atom stereocenters. The summed E-state index contributed by atoms with van der Waals surface area (Å²) in [6.07, 6.45) is 5.67. The maximum Gasteiger partial charge on any atom is 0.340 e. The molecule has 1 aliphatic carbocycles. The second kappa shape index (κ2) is 7.46. The number of aliphatic hydroxyl groups is 1. The molecule has 1 aromatic carbocycles. The molecule has 4 nitrogen and oxygen atoms in total. The van der Waals surface area contributed by atoms with E-state index in [9.17, 15) is 9.90 Å². The molecular formula is C17H25NO3. The van der Waals surface area contributed by atoms with Crippen molar-refractivity contribution in [2.24, 2.45) is 5.41 Å². The normalized spacial score (nSPS) is 17.2. The third-order valence-electron chi connectivity index (χ3n) is 4.33. The Labute approximate surface area is 126 Å². The summed E-state index contributed by atoms with van der Waals surface area (Å²) >= 11 is 0. The lowest BCUT2D eigenvalue weighted by molar-refractivity contribution is 0.0527. The Morgan fingerprint density at radius 1 is 1.29 bits per heavy atom. The third kappa shape index (κ3) is 3.97. The van der Waals surface area contributed by atoms with Crippen LogP contribution in [0.3, 0.4) is 0 Å². The molecule has 0 spiro atoms.